The number of carboxylic acid groups (broad SMARTS) is 1. The minimum Gasteiger partial charge on any atom is -0.480 e. The Hall–Kier alpha value is -4.43. The van der Waals surface area contributed by atoms with Gasteiger partial charge in [0.05, 0.1) is 15.1 Å². The first-order valence-electron chi connectivity index (χ1n) is 14.7. The normalized spacial score (nSPS) is 12.8. The van der Waals surface area contributed by atoms with Gasteiger partial charge in [0.15, 0.2) is 0 Å². The monoisotopic (exact) mass is 667 g/mol. The van der Waals surface area contributed by atoms with Crippen LogP contribution in [0.25, 0.3) is 0 Å². The molecule has 0 aliphatic rings. The van der Waals surface area contributed by atoms with Crippen LogP contribution in [0.4, 0.5) is 5.69 Å². The molecule has 0 aliphatic carbocycles. The lowest BCUT2D eigenvalue weighted by Gasteiger charge is -2.25. The van der Waals surface area contributed by atoms with E-state index in [0.717, 1.165) is 27.2 Å². The summed E-state index contributed by atoms with van der Waals surface area (Å²) in [7, 11) is 2.19. The summed E-state index contributed by atoms with van der Waals surface area (Å²) in [5.41, 5.74) is 0.892. The summed E-state index contributed by atoms with van der Waals surface area (Å²) in [6.45, 7) is 4.00. The van der Waals surface area contributed by atoms with Gasteiger partial charge in [-0.3, -0.25) is 29.5 Å². The van der Waals surface area contributed by atoms with Crippen LogP contribution < -0.4 is 16.0 Å². The van der Waals surface area contributed by atoms with Crippen LogP contribution in [0.3, 0.4) is 0 Å². The number of para-hydroxylation sites is 1. The Balaban J connectivity index is 1.72. The maximum absolute atomic E-state index is 13.7. The minimum atomic E-state index is -1.21. The Morgan fingerprint density at radius 2 is 1.59 bits per heavy atom. The van der Waals surface area contributed by atoms with E-state index in [1.165, 1.54) is 12.3 Å². The molecule has 3 amide bonds. The number of nitro groups is 1. The molecule has 0 saturated carbocycles. The fourth-order valence-corrected chi connectivity index (χ4v) is 7.01. The topological polar surface area (TPSA) is 181 Å². The van der Waals surface area contributed by atoms with Crippen molar-refractivity contribution in [3.8, 4) is 0 Å². The zero-order chi connectivity index (χ0) is 33.5. The molecule has 46 heavy (non-hydrogen) atoms. The Morgan fingerprint density at radius 3 is 2.24 bits per heavy atom. The Kier molecular flexibility index (Phi) is 14.5. The number of nitro benzene ring substituents is 1. The van der Waals surface area contributed by atoms with Crippen LogP contribution in [-0.4, -0.2) is 62.6 Å². The van der Waals surface area contributed by atoms with Gasteiger partial charge in [-0.05, 0) is 59.7 Å². The van der Waals surface area contributed by atoms with Crippen molar-refractivity contribution in [3.63, 3.8) is 0 Å². The van der Waals surface area contributed by atoms with Crippen LogP contribution in [0.15, 0.2) is 83.9 Å². The predicted octanol–water partition coefficient (Wildman–Crippen LogP) is 4.65. The summed E-state index contributed by atoms with van der Waals surface area (Å²) >= 11 is 0. The largest absolute Gasteiger partial charge is 0.480 e. The smallest absolute Gasteiger partial charge is 0.326 e. The average molecular weight is 668 g/mol. The highest BCUT2D eigenvalue weighted by molar-refractivity contribution is 8.77. The lowest BCUT2D eigenvalue weighted by molar-refractivity contribution is -0.387. The molecule has 0 aliphatic heterocycles. The number of rotatable bonds is 18. The number of amides is 3. The number of pyridine rings is 1. The third kappa shape index (κ3) is 11.8. The van der Waals surface area contributed by atoms with Crippen molar-refractivity contribution < 1.29 is 29.2 Å². The molecule has 0 spiro atoms. The molecule has 3 rings (SSSR count). The van der Waals surface area contributed by atoms with Gasteiger partial charge in [-0.1, -0.05) is 73.2 Å². The van der Waals surface area contributed by atoms with Crippen molar-refractivity contribution >= 4 is 51.0 Å². The van der Waals surface area contributed by atoms with Crippen molar-refractivity contribution in [1.82, 2.24) is 20.9 Å². The molecule has 0 bridgehead atoms. The third-order valence-electron chi connectivity index (χ3n) is 6.67. The number of nitrogens with one attached hydrogen (secondary N) is 3. The van der Waals surface area contributed by atoms with Crippen molar-refractivity contribution in [3.05, 3.63) is 100 Å². The molecule has 4 N–H and O–H groups in total. The molecule has 1 aromatic heterocycles. The SMILES string of the molecule is CC(C)CC(NC(=O)C(CCCNC(=O)c1ccccn1)SSc1ccccc1[N+](=O)[O-])C(=O)N[C@@H](Cc1ccccc1)C(=O)O. The van der Waals surface area contributed by atoms with E-state index in [0.29, 0.717) is 11.3 Å². The summed E-state index contributed by atoms with van der Waals surface area (Å²) < 4.78 is 0. The Morgan fingerprint density at radius 1 is 0.913 bits per heavy atom. The zero-order valence-corrected chi connectivity index (χ0v) is 27.1. The van der Waals surface area contributed by atoms with Gasteiger partial charge in [0.1, 0.15) is 17.8 Å². The van der Waals surface area contributed by atoms with Gasteiger partial charge in [-0.2, -0.15) is 0 Å². The number of hydrogen-bond donors (Lipinski definition) is 4. The number of aromatic nitrogens is 1. The fourth-order valence-electron chi connectivity index (χ4n) is 4.38. The number of carboxylic acids is 1. The van der Waals surface area contributed by atoms with Gasteiger partial charge in [-0.25, -0.2) is 4.79 Å². The lowest BCUT2D eigenvalue weighted by Crippen LogP contribution is -2.53. The van der Waals surface area contributed by atoms with Gasteiger partial charge in [0, 0.05) is 25.2 Å². The van der Waals surface area contributed by atoms with E-state index in [1.54, 1.807) is 60.7 Å². The summed E-state index contributed by atoms with van der Waals surface area (Å²) in [5, 5.41) is 28.7. The standard InChI is InChI=1S/C32H37N5O7S2/c1-21(2)19-24(30(39)36-25(32(41)42)20-22-11-4-3-5-12-22)35-31(40)28(46-45-27-15-7-6-14-26(27)37(43)44)16-10-18-34-29(38)23-13-8-9-17-33-23/h3-9,11-15,17,21,24-25,28H,10,16,18-20H2,1-2H3,(H,34,38)(H,35,40)(H,36,39)(H,41,42)/t24?,25-,28?/m0/s1. The van der Waals surface area contributed by atoms with Crippen molar-refractivity contribution in [2.45, 2.75) is 61.8 Å². The van der Waals surface area contributed by atoms with E-state index in [4.69, 9.17) is 0 Å². The van der Waals surface area contributed by atoms with Gasteiger partial charge < -0.3 is 21.1 Å². The third-order valence-corrected chi connectivity index (χ3v) is 9.50. The number of carbonyl (C=O) groups is 4. The molecule has 0 fully saturated rings. The molecule has 3 atom stereocenters. The second-order valence-electron chi connectivity index (χ2n) is 10.8. The minimum absolute atomic E-state index is 0.0114. The molecule has 1 heterocycles. The average Bonchev–Trinajstić information content (AvgIpc) is 3.04. The van der Waals surface area contributed by atoms with E-state index >= 15 is 0 Å². The van der Waals surface area contributed by atoms with Crippen molar-refractivity contribution in [2.75, 3.05) is 6.54 Å². The number of carbonyl (C=O) groups excluding carboxylic acids is 3. The first kappa shape index (κ1) is 36.0. The molecule has 244 valence electrons. The molecular weight excluding hydrogens is 631 g/mol. The first-order chi connectivity index (χ1) is 22.0. The molecular formula is C32H37N5O7S2. The quantitative estimate of drug-likeness (QED) is 0.0645. The van der Waals surface area contributed by atoms with Gasteiger partial charge in [0.2, 0.25) is 11.8 Å². The van der Waals surface area contributed by atoms with E-state index in [9.17, 15) is 34.4 Å². The van der Waals surface area contributed by atoms with Crippen molar-refractivity contribution in [1.29, 1.82) is 0 Å². The number of benzene rings is 2. The van der Waals surface area contributed by atoms with Crippen LogP contribution in [0, 0.1) is 16.0 Å². The molecule has 2 unspecified atom stereocenters. The highest BCUT2D eigenvalue weighted by Crippen LogP contribution is 2.40. The summed E-state index contributed by atoms with van der Waals surface area (Å²) in [4.78, 5) is 66.9. The zero-order valence-electron chi connectivity index (χ0n) is 25.5. The molecule has 3 aromatic rings. The maximum Gasteiger partial charge on any atom is 0.326 e. The van der Waals surface area contributed by atoms with Gasteiger partial charge in [0.25, 0.3) is 11.6 Å². The Bertz CT molecular complexity index is 1480. The molecule has 14 heteroatoms. The van der Waals surface area contributed by atoms with E-state index in [2.05, 4.69) is 20.9 Å². The highest BCUT2D eigenvalue weighted by Gasteiger charge is 2.30. The van der Waals surface area contributed by atoms with Gasteiger partial charge >= 0.3 is 5.97 Å². The van der Waals surface area contributed by atoms with Crippen LogP contribution in [0.2, 0.25) is 0 Å². The number of aliphatic carboxylic acids is 1. The number of nitrogens with zero attached hydrogens (tertiary/aromatic N) is 2. The summed E-state index contributed by atoms with van der Waals surface area (Å²) in [5.74, 6) is -2.68. The van der Waals surface area contributed by atoms with E-state index in [-0.39, 0.29) is 49.0 Å². The maximum atomic E-state index is 13.7. The summed E-state index contributed by atoms with van der Waals surface area (Å²) in [6.07, 6.45) is 2.49. The highest BCUT2D eigenvalue weighted by atomic mass is 33.1. The van der Waals surface area contributed by atoms with Crippen LogP contribution in [-0.2, 0) is 20.8 Å². The lowest BCUT2D eigenvalue weighted by atomic mass is 10.0. The van der Waals surface area contributed by atoms with Crippen LogP contribution in [0.5, 0.6) is 0 Å². The van der Waals surface area contributed by atoms with Gasteiger partial charge in [-0.15, -0.1) is 0 Å². The Labute approximate surface area is 275 Å². The van der Waals surface area contributed by atoms with E-state index in [1.807, 2.05) is 19.9 Å². The molecule has 12 nitrogen and oxygen atoms in total. The number of hydrogen-bond acceptors (Lipinski definition) is 9. The van der Waals surface area contributed by atoms with Crippen LogP contribution in [0.1, 0.15) is 49.2 Å². The molecule has 0 radical (unpaired) electrons. The predicted molar refractivity (Wildman–Crippen MR) is 177 cm³/mol. The van der Waals surface area contributed by atoms with Crippen molar-refractivity contribution in [2.24, 2.45) is 5.92 Å². The van der Waals surface area contributed by atoms with E-state index < -0.39 is 40.0 Å². The second kappa shape index (κ2) is 18.5. The molecule has 2 aromatic carbocycles. The molecule has 0 saturated heterocycles. The summed E-state index contributed by atoms with van der Waals surface area (Å²) in [6, 6.07) is 17.8. The second-order valence-corrected chi connectivity index (χ2v) is 13.2. The first-order valence-corrected chi connectivity index (χ1v) is 16.9. The van der Waals surface area contributed by atoms with Crippen LogP contribution >= 0.6 is 21.6 Å². The fraction of sp³-hybridized carbons (Fsp3) is 0.344.